The van der Waals surface area contributed by atoms with Crippen LogP contribution in [-0.4, -0.2) is 24.2 Å². The monoisotopic (exact) mass is 408 g/mol. The Balaban J connectivity index is 0.00000196. The summed E-state index contributed by atoms with van der Waals surface area (Å²) < 4.78 is 34.5. The van der Waals surface area contributed by atoms with Gasteiger partial charge < -0.3 is 10.8 Å². The van der Waals surface area contributed by atoms with Gasteiger partial charge in [0.1, 0.15) is 10.5 Å². The highest BCUT2D eigenvalue weighted by molar-refractivity contribution is 8.03. The summed E-state index contributed by atoms with van der Waals surface area (Å²) in [5.74, 6) is -0.310. The zero-order valence-corrected chi connectivity index (χ0v) is 15.9. The number of thiazole rings is 1. The third kappa shape index (κ3) is 3.92. The van der Waals surface area contributed by atoms with Crippen molar-refractivity contribution >= 4 is 55.2 Å². The lowest BCUT2D eigenvalue weighted by molar-refractivity contribution is -0.664. The Hall–Kier alpha value is -1.91. The predicted octanol–water partition coefficient (Wildman–Crippen LogP) is 3.42. The molecule has 26 heavy (non-hydrogen) atoms. The maximum Gasteiger partial charge on any atom is 0.271 e. The third-order valence-corrected chi connectivity index (χ3v) is 6.66. The minimum absolute atomic E-state index is 0. The number of aromatic nitrogens is 1. The number of para-hydroxylation sites is 2. The van der Waals surface area contributed by atoms with E-state index < -0.39 is 10.1 Å². The van der Waals surface area contributed by atoms with Crippen LogP contribution in [0.3, 0.4) is 0 Å². The van der Waals surface area contributed by atoms with Crippen molar-refractivity contribution in [2.45, 2.75) is 11.4 Å². The molecular weight excluding hydrogens is 392 g/mol. The molecule has 0 spiro atoms. The topological polar surface area (TPSA) is 100 Å². The lowest BCUT2D eigenvalue weighted by atomic mass is 10.3. The van der Waals surface area contributed by atoms with Gasteiger partial charge >= 0.3 is 0 Å². The Kier molecular flexibility index (Phi) is 5.35. The van der Waals surface area contributed by atoms with Gasteiger partial charge in [-0.3, -0.25) is 4.55 Å². The van der Waals surface area contributed by atoms with E-state index in [1.807, 2.05) is 53.1 Å². The van der Waals surface area contributed by atoms with E-state index >= 15 is 0 Å². The highest BCUT2D eigenvalue weighted by Gasteiger charge is 2.23. The van der Waals surface area contributed by atoms with Gasteiger partial charge in [0.05, 0.1) is 16.8 Å². The Morgan fingerprint density at radius 3 is 2.62 bits per heavy atom. The second-order valence-corrected chi connectivity index (χ2v) is 9.30. The highest BCUT2D eigenvalue weighted by atomic mass is 32.2. The van der Waals surface area contributed by atoms with Crippen molar-refractivity contribution in [2.75, 3.05) is 11.1 Å². The molecule has 0 fully saturated rings. The van der Waals surface area contributed by atoms with E-state index in [0.717, 1.165) is 25.9 Å². The first-order chi connectivity index (χ1) is 12.0. The molecule has 1 aliphatic heterocycles. The summed E-state index contributed by atoms with van der Waals surface area (Å²) >= 11 is 3.25. The van der Waals surface area contributed by atoms with E-state index in [9.17, 15) is 8.42 Å². The Bertz CT molecular complexity index is 1060. The molecule has 136 valence electrons. The number of nitrogens with zero attached hydrogens (tertiary/aromatic N) is 1. The van der Waals surface area contributed by atoms with Crippen molar-refractivity contribution in [2.24, 2.45) is 0 Å². The zero-order chi connectivity index (χ0) is 17.4. The zero-order valence-electron chi connectivity index (χ0n) is 13.5. The van der Waals surface area contributed by atoms with Gasteiger partial charge in [0.15, 0.2) is 6.54 Å². The Morgan fingerprint density at radius 1 is 1.12 bits per heavy atom. The van der Waals surface area contributed by atoms with Crippen LogP contribution in [0.5, 0.6) is 0 Å². The van der Waals surface area contributed by atoms with E-state index in [1.165, 1.54) is 4.90 Å². The second kappa shape index (κ2) is 7.37. The summed E-state index contributed by atoms with van der Waals surface area (Å²) in [7, 11) is -4.01. The number of anilines is 1. The smallest absolute Gasteiger partial charge is 0.271 e. The van der Waals surface area contributed by atoms with E-state index in [-0.39, 0.29) is 17.8 Å². The van der Waals surface area contributed by atoms with Gasteiger partial charge in [-0.15, -0.1) is 0 Å². The molecule has 0 unspecified atom stereocenters. The molecule has 1 aromatic heterocycles. The number of fused-ring (bicyclic) bond motifs is 2. The second-order valence-electron chi connectivity index (χ2n) is 5.58. The summed E-state index contributed by atoms with van der Waals surface area (Å²) in [5.41, 5.74) is 2.04. The summed E-state index contributed by atoms with van der Waals surface area (Å²) in [6.07, 6.45) is 2.03. The van der Waals surface area contributed by atoms with Crippen molar-refractivity contribution < 1.29 is 23.0 Å². The number of hydrogen-bond donors (Lipinski definition) is 2. The average molecular weight is 409 g/mol. The number of aryl methyl sites for hydroxylation is 1. The van der Waals surface area contributed by atoms with Gasteiger partial charge in [-0.2, -0.15) is 13.0 Å². The van der Waals surface area contributed by atoms with Crippen LogP contribution in [0.15, 0.2) is 58.5 Å². The fraction of sp³-hybridized carbons (Fsp3) is 0.118. The maximum absolute atomic E-state index is 11.2. The quantitative estimate of drug-likeness (QED) is 0.507. The molecule has 9 heteroatoms. The normalized spacial score (nSPS) is 14.9. The first kappa shape index (κ1) is 18.9. The Morgan fingerprint density at radius 2 is 1.85 bits per heavy atom. The van der Waals surface area contributed by atoms with E-state index in [0.29, 0.717) is 0 Å². The molecule has 3 N–H and O–H groups in total. The van der Waals surface area contributed by atoms with Crippen molar-refractivity contribution in [1.29, 1.82) is 0 Å². The lowest BCUT2D eigenvalue weighted by Crippen LogP contribution is -2.38. The van der Waals surface area contributed by atoms with Crippen LogP contribution in [0.25, 0.3) is 16.3 Å². The molecule has 0 amide bonds. The van der Waals surface area contributed by atoms with Gasteiger partial charge in [-0.25, -0.2) is 0 Å². The average Bonchev–Trinajstić information content (AvgIpc) is 3.12. The largest absolute Gasteiger partial charge is 0.870 e. The van der Waals surface area contributed by atoms with Crippen LogP contribution >= 0.6 is 23.1 Å². The standard InChI is InChI=1S/C17H14N2O3S3.H2O/c20-25(21,22)10-9-19-13-6-2-4-8-15(13)24-17(19)11-16-18-12-5-1-3-7-14(12)23-16;/h1-8,11H,9-10H2,(H,20,21,22);1H2. The van der Waals surface area contributed by atoms with Gasteiger partial charge in [0.25, 0.3) is 15.1 Å². The fourth-order valence-electron chi connectivity index (χ4n) is 2.71. The number of hydrogen-bond acceptors (Lipinski definition) is 6. The molecular formula is C17H16N2O4S3. The molecule has 2 aromatic carbocycles. The van der Waals surface area contributed by atoms with Crippen LogP contribution in [0, 0.1) is 0 Å². The van der Waals surface area contributed by atoms with Gasteiger partial charge in [-0.05, 0) is 18.2 Å². The Labute approximate surface area is 159 Å². The molecule has 4 rings (SSSR count). The number of nitrogens with one attached hydrogen (secondary N) is 1. The summed E-state index contributed by atoms with van der Waals surface area (Å²) in [5, 5.41) is 5.31. The SMILES string of the molecule is O=S(=O)(O)CC[n+]1c(C=C2Nc3ccccc3S2)sc2ccccc21.[OH-]. The van der Waals surface area contributed by atoms with Crippen LogP contribution in [-0.2, 0) is 16.7 Å². The molecule has 3 aromatic rings. The minimum atomic E-state index is -4.01. The van der Waals surface area contributed by atoms with Crippen LogP contribution < -0.4 is 9.88 Å². The number of rotatable bonds is 4. The van der Waals surface area contributed by atoms with Crippen molar-refractivity contribution in [3.8, 4) is 0 Å². The molecule has 0 radical (unpaired) electrons. The van der Waals surface area contributed by atoms with E-state index in [1.54, 1.807) is 23.1 Å². The van der Waals surface area contributed by atoms with Crippen LogP contribution in [0.2, 0.25) is 0 Å². The van der Waals surface area contributed by atoms with Crippen molar-refractivity contribution in [3.63, 3.8) is 0 Å². The predicted molar refractivity (Wildman–Crippen MR) is 104 cm³/mol. The maximum atomic E-state index is 11.2. The van der Waals surface area contributed by atoms with Gasteiger partial charge in [0, 0.05) is 11.0 Å². The summed E-state index contributed by atoms with van der Waals surface area (Å²) in [4.78, 5) is 1.17. The molecule has 0 saturated heterocycles. The summed E-state index contributed by atoms with van der Waals surface area (Å²) in [6, 6.07) is 15.9. The molecule has 0 bridgehead atoms. The van der Waals surface area contributed by atoms with Crippen molar-refractivity contribution in [3.05, 3.63) is 58.6 Å². The van der Waals surface area contributed by atoms with Crippen LogP contribution in [0.4, 0.5) is 5.69 Å². The first-order valence-corrected chi connectivity index (χ1v) is 10.9. The molecule has 2 heterocycles. The van der Waals surface area contributed by atoms with Crippen molar-refractivity contribution in [1.82, 2.24) is 0 Å². The fourth-order valence-corrected chi connectivity index (χ4v) is 5.27. The van der Waals surface area contributed by atoms with Crippen LogP contribution in [0.1, 0.15) is 5.01 Å². The molecule has 0 atom stereocenters. The molecule has 0 saturated carbocycles. The van der Waals surface area contributed by atoms with Gasteiger partial charge in [0.2, 0.25) is 5.52 Å². The highest BCUT2D eigenvalue weighted by Crippen LogP contribution is 2.41. The molecule has 0 aliphatic carbocycles. The lowest BCUT2D eigenvalue weighted by Gasteiger charge is -1.98. The number of thioether (sulfide) groups is 1. The van der Waals surface area contributed by atoms with E-state index in [4.69, 9.17) is 4.55 Å². The molecule has 6 nitrogen and oxygen atoms in total. The first-order valence-electron chi connectivity index (χ1n) is 7.62. The van der Waals surface area contributed by atoms with Gasteiger partial charge in [-0.1, -0.05) is 47.4 Å². The third-order valence-electron chi connectivity index (χ3n) is 3.83. The van der Waals surface area contributed by atoms with E-state index in [2.05, 4.69) is 11.4 Å². The summed E-state index contributed by atoms with van der Waals surface area (Å²) in [6.45, 7) is 0.208. The molecule has 1 aliphatic rings. The number of benzene rings is 2. The minimum Gasteiger partial charge on any atom is -0.870 e.